The number of aromatic nitrogens is 1. The Balaban J connectivity index is 1.43. The van der Waals surface area contributed by atoms with Crippen LogP contribution < -0.4 is 5.32 Å². The van der Waals surface area contributed by atoms with Crippen LogP contribution in [0.4, 0.5) is 0 Å². The van der Waals surface area contributed by atoms with Gasteiger partial charge in [-0.1, -0.05) is 24.3 Å². The Labute approximate surface area is 153 Å². The Kier molecular flexibility index (Phi) is 4.33. The Hall–Kier alpha value is -3.25. The molecule has 1 amide bonds. The number of nitrogens with zero attached hydrogens (tertiary/aromatic N) is 1. The van der Waals surface area contributed by atoms with Gasteiger partial charge in [-0.05, 0) is 36.4 Å². The molecule has 4 rings (SSSR count). The molecule has 3 aromatic heterocycles. The fourth-order valence-electron chi connectivity index (χ4n) is 2.57. The predicted octanol–water partition coefficient (Wildman–Crippen LogP) is 4.05. The van der Waals surface area contributed by atoms with Crippen molar-refractivity contribution < 1.29 is 14.0 Å². The first-order valence-corrected chi connectivity index (χ1v) is 8.83. The highest BCUT2D eigenvalue weighted by molar-refractivity contribution is 7.14. The zero-order valence-corrected chi connectivity index (χ0v) is 14.5. The standard InChI is InChI=1S/C20H14N2O3S/c23-19(17-6-3-11-25-17)18-10-8-14(26-18)12-21-20(24)16-9-7-13-4-1-2-5-15(13)22-16/h1-11H,12H2,(H,21,24). The number of pyridine rings is 1. The van der Waals surface area contributed by atoms with Gasteiger partial charge in [-0.25, -0.2) is 4.98 Å². The molecule has 6 heteroatoms. The summed E-state index contributed by atoms with van der Waals surface area (Å²) in [6.07, 6.45) is 1.47. The smallest absolute Gasteiger partial charge is 0.270 e. The summed E-state index contributed by atoms with van der Waals surface area (Å²) in [4.78, 5) is 30.4. The SMILES string of the molecule is O=C(NCc1ccc(C(=O)c2ccco2)s1)c1ccc2ccccc2n1. The number of hydrogen-bond donors (Lipinski definition) is 1. The lowest BCUT2D eigenvalue weighted by molar-refractivity contribution is 0.0946. The van der Waals surface area contributed by atoms with Crippen LogP contribution >= 0.6 is 11.3 Å². The van der Waals surface area contributed by atoms with Crippen LogP contribution in [0.25, 0.3) is 10.9 Å². The highest BCUT2D eigenvalue weighted by Gasteiger charge is 2.15. The van der Waals surface area contributed by atoms with Crippen LogP contribution in [0.15, 0.2) is 71.3 Å². The van der Waals surface area contributed by atoms with Crippen molar-refractivity contribution in [3.63, 3.8) is 0 Å². The van der Waals surface area contributed by atoms with Crippen molar-refractivity contribution in [1.82, 2.24) is 10.3 Å². The van der Waals surface area contributed by atoms with Gasteiger partial charge in [0.15, 0.2) is 5.76 Å². The molecule has 26 heavy (non-hydrogen) atoms. The van der Waals surface area contributed by atoms with Crippen LogP contribution in [0.2, 0.25) is 0 Å². The zero-order valence-electron chi connectivity index (χ0n) is 13.6. The van der Waals surface area contributed by atoms with Gasteiger partial charge in [-0.3, -0.25) is 9.59 Å². The molecule has 0 aliphatic carbocycles. The molecule has 0 bridgehead atoms. The number of fused-ring (bicyclic) bond motifs is 1. The number of rotatable bonds is 5. The maximum absolute atomic E-state index is 12.3. The lowest BCUT2D eigenvalue weighted by atomic mass is 10.2. The molecule has 1 aromatic carbocycles. The van der Waals surface area contributed by atoms with Gasteiger partial charge in [0.05, 0.1) is 23.2 Å². The summed E-state index contributed by atoms with van der Waals surface area (Å²) in [5, 5.41) is 3.83. The maximum Gasteiger partial charge on any atom is 0.270 e. The van der Waals surface area contributed by atoms with Gasteiger partial charge in [0, 0.05) is 10.3 Å². The van der Waals surface area contributed by atoms with Gasteiger partial charge in [0.1, 0.15) is 5.69 Å². The fraction of sp³-hybridized carbons (Fsp3) is 0.0500. The van der Waals surface area contributed by atoms with E-state index in [1.54, 1.807) is 24.3 Å². The Morgan fingerprint density at radius 2 is 1.88 bits per heavy atom. The molecule has 0 atom stereocenters. The van der Waals surface area contributed by atoms with E-state index in [1.807, 2.05) is 36.4 Å². The highest BCUT2D eigenvalue weighted by atomic mass is 32.1. The second-order valence-electron chi connectivity index (χ2n) is 5.64. The average molecular weight is 362 g/mol. The minimum absolute atomic E-state index is 0.159. The molecular weight excluding hydrogens is 348 g/mol. The Morgan fingerprint density at radius 1 is 1.00 bits per heavy atom. The van der Waals surface area contributed by atoms with E-state index >= 15 is 0 Å². The summed E-state index contributed by atoms with van der Waals surface area (Å²) in [5.41, 5.74) is 1.15. The molecule has 0 aliphatic rings. The highest BCUT2D eigenvalue weighted by Crippen LogP contribution is 2.20. The third-order valence-electron chi connectivity index (χ3n) is 3.88. The molecule has 0 fully saturated rings. The molecule has 0 saturated heterocycles. The minimum atomic E-state index is -0.247. The molecule has 4 aromatic rings. The normalized spacial score (nSPS) is 10.8. The van der Waals surface area contributed by atoms with Crippen molar-refractivity contribution in [2.45, 2.75) is 6.54 Å². The van der Waals surface area contributed by atoms with E-state index in [9.17, 15) is 9.59 Å². The van der Waals surface area contributed by atoms with E-state index in [1.165, 1.54) is 17.6 Å². The molecular formula is C20H14N2O3S. The van der Waals surface area contributed by atoms with E-state index < -0.39 is 0 Å². The summed E-state index contributed by atoms with van der Waals surface area (Å²) in [5.74, 6) is -0.0976. The Morgan fingerprint density at radius 3 is 2.73 bits per heavy atom. The summed E-state index contributed by atoms with van der Waals surface area (Å²) in [7, 11) is 0. The van der Waals surface area contributed by atoms with Crippen LogP contribution in [0, 0.1) is 0 Å². The number of nitrogens with one attached hydrogen (secondary N) is 1. The van der Waals surface area contributed by atoms with Crippen LogP contribution in [0.3, 0.4) is 0 Å². The van der Waals surface area contributed by atoms with Crippen molar-refractivity contribution >= 4 is 33.9 Å². The second kappa shape index (κ2) is 6.93. The number of benzene rings is 1. The number of carbonyl (C=O) groups is 2. The number of para-hydroxylation sites is 1. The minimum Gasteiger partial charge on any atom is -0.461 e. The lowest BCUT2D eigenvalue weighted by Crippen LogP contribution is -2.23. The third kappa shape index (κ3) is 3.27. The number of amides is 1. The van der Waals surface area contributed by atoms with E-state index in [4.69, 9.17) is 4.42 Å². The first kappa shape index (κ1) is 16.2. The lowest BCUT2D eigenvalue weighted by Gasteiger charge is -2.04. The largest absolute Gasteiger partial charge is 0.461 e. The average Bonchev–Trinajstić information content (AvgIpc) is 3.37. The van der Waals surface area contributed by atoms with Crippen molar-refractivity contribution in [2.75, 3.05) is 0 Å². The van der Waals surface area contributed by atoms with Crippen LogP contribution in [0.5, 0.6) is 0 Å². The van der Waals surface area contributed by atoms with Gasteiger partial charge in [-0.2, -0.15) is 0 Å². The predicted molar refractivity (Wildman–Crippen MR) is 99.4 cm³/mol. The van der Waals surface area contributed by atoms with E-state index in [0.717, 1.165) is 15.8 Å². The molecule has 0 spiro atoms. The van der Waals surface area contributed by atoms with Gasteiger partial charge >= 0.3 is 0 Å². The van der Waals surface area contributed by atoms with E-state index in [-0.39, 0.29) is 11.7 Å². The van der Waals surface area contributed by atoms with Gasteiger partial charge in [-0.15, -0.1) is 11.3 Å². The first-order valence-electron chi connectivity index (χ1n) is 8.01. The number of thiophene rings is 1. The molecule has 3 heterocycles. The molecule has 0 radical (unpaired) electrons. The molecule has 0 aliphatic heterocycles. The maximum atomic E-state index is 12.3. The van der Waals surface area contributed by atoms with Gasteiger partial charge in [0.2, 0.25) is 5.78 Å². The Bertz CT molecular complexity index is 1080. The van der Waals surface area contributed by atoms with Gasteiger partial charge in [0.25, 0.3) is 5.91 Å². The molecule has 1 N–H and O–H groups in total. The second-order valence-corrected chi connectivity index (χ2v) is 6.81. The summed E-state index contributed by atoms with van der Waals surface area (Å²) >= 11 is 1.33. The van der Waals surface area contributed by atoms with Crippen LogP contribution in [-0.2, 0) is 6.54 Å². The topological polar surface area (TPSA) is 72.2 Å². The van der Waals surface area contributed by atoms with Crippen LogP contribution in [0.1, 0.15) is 30.8 Å². The number of hydrogen-bond acceptors (Lipinski definition) is 5. The zero-order chi connectivity index (χ0) is 17.9. The monoisotopic (exact) mass is 362 g/mol. The van der Waals surface area contributed by atoms with Crippen LogP contribution in [-0.4, -0.2) is 16.7 Å². The summed E-state index contributed by atoms with van der Waals surface area (Å²) < 4.78 is 5.13. The van der Waals surface area contributed by atoms with Crippen molar-refractivity contribution in [3.8, 4) is 0 Å². The summed E-state index contributed by atoms with van der Waals surface area (Å²) in [6, 6.07) is 18.1. The molecule has 0 unspecified atom stereocenters. The van der Waals surface area contributed by atoms with Gasteiger partial charge < -0.3 is 9.73 Å². The van der Waals surface area contributed by atoms with Crippen molar-refractivity contribution in [2.24, 2.45) is 0 Å². The van der Waals surface area contributed by atoms with Crippen molar-refractivity contribution in [3.05, 3.63) is 88.1 Å². The van der Waals surface area contributed by atoms with Crippen molar-refractivity contribution in [1.29, 1.82) is 0 Å². The molecule has 5 nitrogen and oxygen atoms in total. The quantitative estimate of drug-likeness (QED) is 0.544. The fourth-order valence-corrected chi connectivity index (χ4v) is 3.47. The van der Waals surface area contributed by atoms with E-state index in [2.05, 4.69) is 10.3 Å². The molecule has 0 saturated carbocycles. The first-order chi connectivity index (χ1) is 12.7. The number of ketones is 1. The molecule has 128 valence electrons. The van der Waals surface area contributed by atoms with E-state index in [0.29, 0.717) is 22.9 Å². The number of carbonyl (C=O) groups excluding carboxylic acids is 2. The summed E-state index contributed by atoms with van der Waals surface area (Å²) in [6.45, 7) is 0.337. The number of furan rings is 1. The third-order valence-corrected chi connectivity index (χ3v) is 4.97.